The number of nitrogens with one attached hydrogen (secondary N) is 1. The number of anilines is 1. The molecule has 0 radical (unpaired) electrons. The normalized spacial score (nSPS) is 19.0. The van der Waals surface area contributed by atoms with Crippen LogP contribution in [0.2, 0.25) is 0 Å². The fourth-order valence-electron chi connectivity index (χ4n) is 3.07. The number of carbonyl (C=O) groups is 1. The highest BCUT2D eigenvalue weighted by Gasteiger charge is 2.36. The highest BCUT2D eigenvalue weighted by molar-refractivity contribution is 5.94. The second-order valence-corrected chi connectivity index (χ2v) is 6.39. The Labute approximate surface area is 141 Å². The Morgan fingerprint density at radius 2 is 2.04 bits per heavy atom. The van der Waals surface area contributed by atoms with Crippen molar-refractivity contribution in [3.05, 3.63) is 59.4 Å². The van der Waals surface area contributed by atoms with Crippen LogP contribution in [0, 0.1) is 11.3 Å². The van der Waals surface area contributed by atoms with Crippen molar-refractivity contribution in [2.24, 2.45) is 0 Å². The number of hydrogen-bond acceptors (Lipinski definition) is 4. The van der Waals surface area contributed by atoms with E-state index in [1.165, 1.54) is 5.56 Å². The number of nitrogens with zero attached hydrogens (tertiary/aromatic N) is 3. The molecule has 1 atom stereocenters. The van der Waals surface area contributed by atoms with Gasteiger partial charge in [-0.15, -0.1) is 0 Å². The number of rotatable bonds is 3. The van der Waals surface area contributed by atoms with E-state index in [-0.39, 0.29) is 5.91 Å². The van der Waals surface area contributed by atoms with Crippen LogP contribution in [-0.2, 0) is 12.8 Å². The first-order chi connectivity index (χ1) is 11.5. The third-order valence-corrected chi connectivity index (χ3v) is 4.49. The zero-order valence-corrected chi connectivity index (χ0v) is 13.9. The summed E-state index contributed by atoms with van der Waals surface area (Å²) in [6.45, 7) is 0. The maximum atomic E-state index is 12.6. The molecule has 2 aromatic rings. The van der Waals surface area contributed by atoms with Gasteiger partial charge in [-0.25, -0.2) is 0 Å². The van der Waals surface area contributed by atoms with E-state index in [9.17, 15) is 10.1 Å². The molecule has 1 aromatic carbocycles. The lowest BCUT2D eigenvalue weighted by Gasteiger charge is -2.33. The summed E-state index contributed by atoms with van der Waals surface area (Å²) >= 11 is 0. The van der Waals surface area contributed by atoms with Gasteiger partial charge in [-0.05, 0) is 36.1 Å². The molecule has 1 aliphatic carbocycles. The number of carbonyl (C=O) groups excluding carboxylic acids is 1. The van der Waals surface area contributed by atoms with Crippen molar-refractivity contribution in [1.82, 2.24) is 10.3 Å². The molecule has 0 fully saturated rings. The predicted octanol–water partition coefficient (Wildman–Crippen LogP) is 2.33. The highest BCUT2D eigenvalue weighted by atomic mass is 16.2. The van der Waals surface area contributed by atoms with E-state index in [4.69, 9.17) is 0 Å². The molecule has 0 aliphatic heterocycles. The van der Waals surface area contributed by atoms with Crippen molar-refractivity contribution in [2.45, 2.75) is 24.8 Å². The van der Waals surface area contributed by atoms with Crippen molar-refractivity contribution >= 4 is 11.6 Å². The van der Waals surface area contributed by atoms with Crippen LogP contribution >= 0.6 is 0 Å². The van der Waals surface area contributed by atoms with E-state index in [0.29, 0.717) is 18.5 Å². The molecular formula is C19H20N4O. The Kier molecular flexibility index (Phi) is 4.22. The third-order valence-electron chi connectivity index (χ3n) is 4.49. The smallest absolute Gasteiger partial charge is 0.271 e. The molecule has 24 heavy (non-hydrogen) atoms. The molecule has 3 rings (SSSR count). The van der Waals surface area contributed by atoms with E-state index < -0.39 is 5.54 Å². The van der Waals surface area contributed by atoms with E-state index >= 15 is 0 Å². The van der Waals surface area contributed by atoms with Crippen LogP contribution < -0.4 is 10.2 Å². The summed E-state index contributed by atoms with van der Waals surface area (Å²) in [5, 5.41) is 12.6. The van der Waals surface area contributed by atoms with Gasteiger partial charge >= 0.3 is 0 Å². The van der Waals surface area contributed by atoms with Gasteiger partial charge in [0.25, 0.3) is 5.91 Å². The lowest BCUT2D eigenvalue weighted by Crippen LogP contribution is -2.51. The lowest BCUT2D eigenvalue weighted by atomic mass is 9.78. The Bertz CT molecular complexity index is 809. The first-order valence-electron chi connectivity index (χ1n) is 7.97. The molecule has 122 valence electrons. The van der Waals surface area contributed by atoms with Gasteiger partial charge in [0.15, 0.2) is 0 Å². The monoisotopic (exact) mass is 320 g/mol. The summed E-state index contributed by atoms with van der Waals surface area (Å²) in [4.78, 5) is 18.7. The van der Waals surface area contributed by atoms with Crippen molar-refractivity contribution in [3.8, 4) is 6.07 Å². The predicted molar refractivity (Wildman–Crippen MR) is 92.8 cm³/mol. The SMILES string of the molecule is CN(C)c1ccnc(C(=O)NC2(C#N)CCc3ccccc3C2)c1. The molecule has 0 saturated carbocycles. The molecule has 1 aliphatic rings. The van der Waals surface area contributed by atoms with E-state index in [2.05, 4.69) is 22.4 Å². The molecule has 1 unspecified atom stereocenters. The first kappa shape index (κ1) is 16.0. The van der Waals surface area contributed by atoms with Crippen molar-refractivity contribution in [3.63, 3.8) is 0 Å². The largest absolute Gasteiger partial charge is 0.378 e. The Morgan fingerprint density at radius 1 is 1.29 bits per heavy atom. The Balaban J connectivity index is 1.83. The maximum Gasteiger partial charge on any atom is 0.271 e. The van der Waals surface area contributed by atoms with Crippen molar-refractivity contribution < 1.29 is 4.79 Å². The summed E-state index contributed by atoms with van der Waals surface area (Å²) in [6.07, 6.45) is 3.53. The molecule has 5 heteroatoms. The Hall–Kier alpha value is -2.87. The van der Waals surface area contributed by atoms with Gasteiger partial charge in [-0.1, -0.05) is 24.3 Å². The fraction of sp³-hybridized carbons (Fsp3) is 0.316. The highest BCUT2D eigenvalue weighted by Crippen LogP contribution is 2.28. The van der Waals surface area contributed by atoms with Gasteiger partial charge in [0, 0.05) is 32.4 Å². The molecule has 1 N–H and O–H groups in total. The van der Waals surface area contributed by atoms with Crippen LogP contribution in [0.5, 0.6) is 0 Å². The summed E-state index contributed by atoms with van der Waals surface area (Å²) in [7, 11) is 3.82. The topological polar surface area (TPSA) is 69.0 Å². The number of pyridine rings is 1. The average Bonchev–Trinajstić information content (AvgIpc) is 2.61. The second kappa shape index (κ2) is 6.32. The molecule has 5 nitrogen and oxygen atoms in total. The minimum atomic E-state index is -0.874. The second-order valence-electron chi connectivity index (χ2n) is 6.39. The van der Waals surface area contributed by atoms with Gasteiger partial charge in [0.2, 0.25) is 0 Å². The number of fused-ring (bicyclic) bond motifs is 1. The third kappa shape index (κ3) is 3.09. The zero-order valence-electron chi connectivity index (χ0n) is 13.9. The Morgan fingerprint density at radius 3 is 2.75 bits per heavy atom. The van der Waals surface area contributed by atoms with Gasteiger partial charge in [-0.3, -0.25) is 9.78 Å². The summed E-state index contributed by atoms with van der Waals surface area (Å²) in [5.74, 6) is -0.306. The summed E-state index contributed by atoms with van der Waals surface area (Å²) < 4.78 is 0. The van der Waals surface area contributed by atoms with Gasteiger partial charge < -0.3 is 10.2 Å². The molecule has 1 amide bonds. The van der Waals surface area contributed by atoms with Crippen LogP contribution in [0.15, 0.2) is 42.6 Å². The van der Waals surface area contributed by atoms with Crippen LogP contribution in [0.25, 0.3) is 0 Å². The average molecular weight is 320 g/mol. The summed E-state index contributed by atoms with van der Waals surface area (Å²) in [6, 6.07) is 14.0. The quantitative estimate of drug-likeness (QED) is 0.942. The zero-order chi connectivity index (χ0) is 17.2. The molecule has 1 heterocycles. The number of benzene rings is 1. The van der Waals surface area contributed by atoms with Crippen LogP contribution in [0.1, 0.15) is 28.0 Å². The minimum absolute atomic E-state index is 0.306. The van der Waals surface area contributed by atoms with Crippen LogP contribution in [0.3, 0.4) is 0 Å². The van der Waals surface area contributed by atoms with Crippen LogP contribution in [0.4, 0.5) is 5.69 Å². The minimum Gasteiger partial charge on any atom is -0.378 e. The molecule has 1 aromatic heterocycles. The summed E-state index contributed by atoms with van der Waals surface area (Å²) in [5.41, 5.74) is 2.73. The maximum absolute atomic E-state index is 12.6. The molecule has 0 spiro atoms. The number of hydrogen-bond donors (Lipinski definition) is 1. The molecule has 0 saturated heterocycles. The van der Waals surface area contributed by atoms with Gasteiger partial charge in [0.1, 0.15) is 11.2 Å². The van der Waals surface area contributed by atoms with Crippen molar-refractivity contribution in [1.29, 1.82) is 5.26 Å². The fourth-order valence-corrected chi connectivity index (χ4v) is 3.07. The number of amides is 1. The standard InChI is InChI=1S/C19H20N4O/c1-23(2)16-8-10-21-17(11-16)18(24)22-19(13-20)9-7-14-5-3-4-6-15(14)12-19/h3-6,8,10-11H,7,9,12H2,1-2H3,(H,22,24). The van der Waals surface area contributed by atoms with Crippen molar-refractivity contribution in [2.75, 3.05) is 19.0 Å². The lowest BCUT2D eigenvalue weighted by molar-refractivity contribution is 0.0908. The van der Waals surface area contributed by atoms with E-state index in [0.717, 1.165) is 17.7 Å². The van der Waals surface area contributed by atoms with Gasteiger partial charge in [0.05, 0.1) is 6.07 Å². The van der Waals surface area contributed by atoms with E-state index in [1.807, 2.05) is 43.3 Å². The first-order valence-corrected chi connectivity index (χ1v) is 7.97. The molecule has 0 bridgehead atoms. The van der Waals surface area contributed by atoms with E-state index in [1.54, 1.807) is 12.3 Å². The van der Waals surface area contributed by atoms with Gasteiger partial charge in [-0.2, -0.15) is 5.26 Å². The molecular weight excluding hydrogens is 300 g/mol. The number of nitriles is 1. The number of aryl methyl sites for hydroxylation is 1. The van der Waals surface area contributed by atoms with Crippen LogP contribution in [-0.4, -0.2) is 30.5 Å². The number of aromatic nitrogens is 1.